The first-order valence-corrected chi connectivity index (χ1v) is 6.79. The van der Waals surface area contributed by atoms with Gasteiger partial charge in [0.15, 0.2) is 0 Å². The van der Waals surface area contributed by atoms with Gasteiger partial charge in [0.25, 0.3) is 0 Å². The van der Waals surface area contributed by atoms with Crippen LogP contribution in [0.3, 0.4) is 0 Å². The Morgan fingerprint density at radius 1 is 1.13 bits per heavy atom. The first-order chi connectivity index (χ1) is 7.34. The van der Waals surface area contributed by atoms with Crippen molar-refractivity contribution < 1.29 is 0 Å². The topological polar surface area (TPSA) is 15.3 Å². The van der Waals surface area contributed by atoms with Crippen LogP contribution in [-0.2, 0) is 0 Å². The van der Waals surface area contributed by atoms with Gasteiger partial charge >= 0.3 is 0 Å². The van der Waals surface area contributed by atoms with Gasteiger partial charge in [-0.3, -0.25) is 4.90 Å². The molecule has 1 N–H and O–H groups in total. The third-order valence-corrected chi connectivity index (χ3v) is 3.44. The average Bonchev–Trinajstić information content (AvgIpc) is 2.25. The number of unbranched alkanes of at least 4 members (excludes halogenated alkanes) is 5. The lowest BCUT2D eigenvalue weighted by Crippen LogP contribution is -2.49. The lowest BCUT2D eigenvalue weighted by Gasteiger charge is -2.33. The largest absolute Gasteiger partial charge is 0.314 e. The summed E-state index contributed by atoms with van der Waals surface area (Å²) >= 11 is 0. The van der Waals surface area contributed by atoms with E-state index in [4.69, 9.17) is 0 Å². The molecule has 1 atom stereocenters. The van der Waals surface area contributed by atoms with Crippen molar-refractivity contribution in [3.8, 4) is 0 Å². The molecule has 15 heavy (non-hydrogen) atoms. The van der Waals surface area contributed by atoms with Crippen molar-refractivity contribution >= 4 is 0 Å². The standard InChI is InChI=1S/C13H28N2/c1-3-4-5-6-7-8-10-15-11-9-14-12-13(15)2/h13-14H,3-12H2,1-2H3/t13-/m1/s1. The van der Waals surface area contributed by atoms with Crippen LogP contribution in [0.1, 0.15) is 52.4 Å². The molecule has 1 saturated heterocycles. The zero-order valence-corrected chi connectivity index (χ0v) is 10.6. The minimum absolute atomic E-state index is 0.745. The molecular weight excluding hydrogens is 184 g/mol. The molecule has 1 aliphatic heterocycles. The summed E-state index contributed by atoms with van der Waals surface area (Å²) in [5.74, 6) is 0. The number of piperazine rings is 1. The Hall–Kier alpha value is -0.0800. The minimum Gasteiger partial charge on any atom is -0.314 e. The van der Waals surface area contributed by atoms with Crippen LogP contribution in [0, 0.1) is 0 Å². The van der Waals surface area contributed by atoms with E-state index in [1.807, 2.05) is 0 Å². The lowest BCUT2D eigenvalue weighted by atomic mass is 10.1. The summed E-state index contributed by atoms with van der Waals surface area (Å²) in [6, 6.07) is 0.745. The van der Waals surface area contributed by atoms with E-state index in [1.54, 1.807) is 0 Å². The molecular formula is C13H28N2. The molecule has 0 saturated carbocycles. The molecule has 2 nitrogen and oxygen atoms in total. The Labute approximate surface area is 95.4 Å². The van der Waals surface area contributed by atoms with Crippen molar-refractivity contribution in [1.82, 2.24) is 10.2 Å². The highest BCUT2D eigenvalue weighted by Crippen LogP contribution is 2.08. The Kier molecular flexibility index (Phi) is 7.03. The summed E-state index contributed by atoms with van der Waals surface area (Å²) in [5, 5.41) is 3.44. The van der Waals surface area contributed by atoms with Gasteiger partial charge < -0.3 is 5.32 Å². The Morgan fingerprint density at radius 2 is 1.87 bits per heavy atom. The van der Waals surface area contributed by atoms with Crippen LogP contribution in [0.5, 0.6) is 0 Å². The predicted octanol–water partition coefficient (Wildman–Crippen LogP) is 2.64. The summed E-state index contributed by atoms with van der Waals surface area (Å²) in [5.41, 5.74) is 0. The molecule has 0 spiro atoms. The van der Waals surface area contributed by atoms with Crippen LogP contribution in [0.4, 0.5) is 0 Å². The molecule has 0 aromatic rings. The quantitative estimate of drug-likeness (QED) is 0.653. The van der Waals surface area contributed by atoms with Crippen LogP contribution in [0.2, 0.25) is 0 Å². The van der Waals surface area contributed by atoms with E-state index in [0.29, 0.717) is 0 Å². The monoisotopic (exact) mass is 212 g/mol. The maximum Gasteiger partial charge on any atom is 0.0192 e. The summed E-state index contributed by atoms with van der Waals surface area (Å²) in [6.45, 7) is 9.53. The summed E-state index contributed by atoms with van der Waals surface area (Å²) in [4.78, 5) is 2.64. The van der Waals surface area contributed by atoms with Crippen molar-refractivity contribution in [2.45, 2.75) is 58.4 Å². The fourth-order valence-corrected chi connectivity index (χ4v) is 2.31. The van der Waals surface area contributed by atoms with Crippen molar-refractivity contribution in [2.24, 2.45) is 0 Å². The molecule has 1 fully saturated rings. The van der Waals surface area contributed by atoms with Gasteiger partial charge in [0, 0.05) is 25.7 Å². The molecule has 0 unspecified atom stereocenters. The predicted molar refractivity (Wildman–Crippen MR) is 67.3 cm³/mol. The summed E-state index contributed by atoms with van der Waals surface area (Å²) in [6.07, 6.45) is 8.48. The number of nitrogens with zero attached hydrogens (tertiary/aromatic N) is 1. The highest BCUT2D eigenvalue weighted by atomic mass is 15.2. The molecule has 0 aromatic heterocycles. The van der Waals surface area contributed by atoms with Gasteiger partial charge in [0.2, 0.25) is 0 Å². The van der Waals surface area contributed by atoms with E-state index in [1.165, 1.54) is 64.7 Å². The Bertz CT molecular complexity index is 147. The van der Waals surface area contributed by atoms with E-state index >= 15 is 0 Å². The van der Waals surface area contributed by atoms with Crippen LogP contribution < -0.4 is 5.32 Å². The second-order valence-electron chi connectivity index (χ2n) is 4.86. The second kappa shape index (κ2) is 8.12. The first-order valence-electron chi connectivity index (χ1n) is 6.79. The fraction of sp³-hybridized carbons (Fsp3) is 1.00. The Balaban J connectivity index is 1.94. The lowest BCUT2D eigenvalue weighted by molar-refractivity contribution is 0.170. The maximum absolute atomic E-state index is 3.44. The molecule has 90 valence electrons. The van der Waals surface area contributed by atoms with Crippen molar-refractivity contribution in [3.05, 3.63) is 0 Å². The highest BCUT2D eigenvalue weighted by Gasteiger charge is 2.16. The average molecular weight is 212 g/mol. The van der Waals surface area contributed by atoms with E-state index < -0.39 is 0 Å². The molecule has 0 radical (unpaired) electrons. The summed E-state index contributed by atoms with van der Waals surface area (Å²) in [7, 11) is 0. The third-order valence-electron chi connectivity index (χ3n) is 3.44. The van der Waals surface area contributed by atoms with Gasteiger partial charge in [-0.15, -0.1) is 0 Å². The highest BCUT2D eigenvalue weighted by molar-refractivity contribution is 4.75. The molecule has 0 amide bonds. The van der Waals surface area contributed by atoms with E-state index in [-0.39, 0.29) is 0 Å². The maximum atomic E-state index is 3.44. The third kappa shape index (κ3) is 5.53. The minimum atomic E-state index is 0.745. The number of rotatable bonds is 7. The second-order valence-corrected chi connectivity index (χ2v) is 4.86. The van der Waals surface area contributed by atoms with Gasteiger partial charge in [0.05, 0.1) is 0 Å². The van der Waals surface area contributed by atoms with E-state index in [9.17, 15) is 0 Å². The van der Waals surface area contributed by atoms with Crippen LogP contribution in [-0.4, -0.2) is 37.1 Å². The van der Waals surface area contributed by atoms with Crippen LogP contribution in [0.15, 0.2) is 0 Å². The zero-order chi connectivity index (χ0) is 10.9. The molecule has 0 aliphatic carbocycles. The first kappa shape index (κ1) is 13.0. The fourth-order valence-electron chi connectivity index (χ4n) is 2.31. The van der Waals surface area contributed by atoms with Crippen molar-refractivity contribution in [2.75, 3.05) is 26.2 Å². The Morgan fingerprint density at radius 3 is 2.60 bits per heavy atom. The normalized spacial score (nSPS) is 23.2. The van der Waals surface area contributed by atoms with Crippen LogP contribution >= 0.6 is 0 Å². The molecule has 0 aromatic carbocycles. The molecule has 1 aliphatic rings. The van der Waals surface area contributed by atoms with Crippen molar-refractivity contribution in [1.29, 1.82) is 0 Å². The number of hydrogen-bond donors (Lipinski definition) is 1. The van der Waals surface area contributed by atoms with Gasteiger partial charge in [-0.25, -0.2) is 0 Å². The molecule has 0 bridgehead atoms. The molecule has 1 heterocycles. The van der Waals surface area contributed by atoms with Gasteiger partial charge in [0.1, 0.15) is 0 Å². The van der Waals surface area contributed by atoms with E-state index in [2.05, 4.69) is 24.1 Å². The summed E-state index contributed by atoms with van der Waals surface area (Å²) < 4.78 is 0. The van der Waals surface area contributed by atoms with Gasteiger partial charge in [-0.2, -0.15) is 0 Å². The zero-order valence-electron chi connectivity index (χ0n) is 10.6. The van der Waals surface area contributed by atoms with Gasteiger partial charge in [-0.1, -0.05) is 39.0 Å². The van der Waals surface area contributed by atoms with Crippen LogP contribution in [0.25, 0.3) is 0 Å². The van der Waals surface area contributed by atoms with E-state index in [0.717, 1.165) is 6.04 Å². The smallest absolute Gasteiger partial charge is 0.0192 e. The number of hydrogen-bond acceptors (Lipinski definition) is 2. The SMILES string of the molecule is CCCCCCCCN1CCNC[C@H]1C. The van der Waals surface area contributed by atoms with Gasteiger partial charge in [-0.05, 0) is 19.9 Å². The van der Waals surface area contributed by atoms with Crippen molar-refractivity contribution in [3.63, 3.8) is 0 Å². The number of nitrogens with one attached hydrogen (secondary N) is 1. The molecule has 1 rings (SSSR count). The molecule has 2 heteroatoms.